The highest BCUT2D eigenvalue weighted by molar-refractivity contribution is 5.89. The zero-order valence-electron chi connectivity index (χ0n) is 11.6. The Morgan fingerprint density at radius 3 is 2.33 bits per heavy atom. The lowest BCUT2D eigenvalue weighted by Crippen LogP contribution is -2.45. The number of fused-ring (bicyclic) bond motifs is 1. The Labute approximate surface area is 120 Å². The third-order valence-corrected chi connectivity index (χ3v) is 3.64. The maximum absolute atomic E-state index is 13.0. The monoisotopic (exact) mass is 296 g/mol. The number of halogens is 3. The van der Waals surface area contributed by atoms with Crippen LogP contribution in [0.5, 0.6) is 0 Å². The van der Waals surface area contributed by atoms with Crippen LogP contribution in [-0.4, -0.2) is 48.1 Å². The van der Waals surface area contributed by atoms with Gasteiger partial charge in [-0.1, -0.05) is 12.1 Å². The van der Waals surface area contributed by atoms with Crippen LogP contribution in [0.2, 0.25) is 0 Å². The van der Waals surface area contributed by atoms with Crippen molar-refractivity contribution in [1.29, 1.82) is 0 Å². The van der Waals surface area contributed by atoms with Crippen molar-refractivity contribution in [3.05, 3.63) is 30.1 Å². The van der Waals surface area contributed by atoms with E-state index >= 15 is 0 Å². The number of hydrogen-bond acceptors (Lipinski definition) is 4. The molecule has 1 aromatic heterocycles. The summed E-state index contributed by atoms with van der Waals surface area (Å²) in [6.45, 7) is 2.93. The molecule has 21 heavy (non-hydrogen) atoms. The number of likely N-dealkylation sites (N-methyl/N-ethyl adjacent to an activating group) is 1. The van der Waals surface area contributed by atoms with Crippen LogP contribution in [0.3, 0.4) is 0 Å². The predicted octanol–water partition coefficient (Wildman–Crippen LogP) is 2.40. The second-order valence-corrected chi connectivity index (χ2v) is 5.18. The van der Waals surface area contributed by atoms with Gasteiger partial charge < -0.3 is 9.80 Å². The highest BCUT2D eigenvalue weighted by Crippen LogP contribution is 2.31. The Bertz CT molecular complexity index is 648. The van der Waals surface area contributed by atoms with E-state index in [1.807, 2.05) is 11.9 Å². The molecular weight excluding hydrogens is 281 g/mol. The van der Waals surface area contributed by atoms with E-state index in [1.54, 1.807) is 24.3 Å². The molecule has 7 heteroatoms. The molecule has 0 atom stereocenters. The molecule has 0 unspecified atom stereocenters. The number of aromatic nitrogens is 2. The van der Waals surface area contributed by atoms with Crippen LogP contribution >= 0.6 is 0 Å². The third kappa shape index (κ3) is 2.78. The first-order valence-corrected chi connectivity index (χ1v) is 6.72. The SMILES string of the molecule is CN1CCN(c2nc(C(F)(F)F)nc3ccccc23)CC1. The van der Waals surface area contributed by atoms with E-state index in [-0.39, 0.29) is 0 Å². The smallest absolute Gasteiger partial charge is 0.353 e. The van der Waals surface area contributed by atoms with Crippen LogP contribution in [0.15, 0.2) is 24.3 Å². The number of piperazine rings is 1. The minimum atomic E-state index is -4.54. The first kappa shape index (κ1) is 14.1. The molecule has 1 aliphatic heterocycles. The summed E-state index contributed by atoms with van der Waals surface area (Å²) < 4.78 is 38.9. The van der Waals surface area contributed by atoms with E-state index in [9.17, 15) is 13.2 Å². The van der Waals surface area contributed by atoms with E-state index in [2.05, 4.69) is 14.9 Å². The van der Waals surface area contributed by atoms with E-state index in [0.29, 0.717) is 29.8 Å². The van der Waals surface area contributed by atoms with Crippen molar-refractivity contribution < 1.29 is 13.2 Å². The first-order chi connectivity index (χ1) is 9.95. The minimum absolute atomic E-state index is 0.328. The van der Waals surface area contributed by atoms with Crippen molar-refractivity contribution >= 4 is 16.7 Å². The van der Waals surface area contributed by atoms with Gasteiger partial charge in [0, 0.05) is 31.6 Å². The summed E-state index contributed by atoms with van der Waals surface area (Å²) in [5.74, 6) is -0.698. The second kappa shape index (κ2) is 5.14. The lowest BCUT2D eigenvalue weighted by Gasteiger charge is -2.33. The molecule has 0 saturated carbocycles. The summed E-state index contributed by atoms with van der Waals surface area (Å²) in [5, 5.41) is 0.662. The molecule has 3 rings (SSSR count). The van der Waals surface area contributed by atoms with Crippen LogP contribution in [0.1, 0.15) is 5.82 Å². The Morgan fingerprint density at radius 1 is 1.00 bits per heavy atom. The van der Waals surface area contributed by atoms with Gasteiger partial charge in [0.05, 0.1) is 5.52 Å². The Hall–Kier alpha value is -1.89. The van der Waals surface area contributed by atoms with Gasteiger partial charge in [-0.05, 0) is 19.2 Å². The molecule has 1 fully saturated rings. The van der Waals surface area contributed by atoms with Gasteiger partial charge in [0.2, 0.25) is 5.82 Å². The molecule has 1 aliphatic rings. The van der Waals surface area contributed by atoms with Crippen LogP contribution in [0.4, 0.5) is 19.0 Å². The fourth-order valence-electron chi connectivity index (χ4n) is 2.45. The lowest BCUT2D eigenvalue weighted by atomic mass is 10.2. The number of nitrogens with zero attached hydrogens (tertiary/aromatic N) is 4. The fourth-order valence-corrected chi connectivity index (χ4v) is 2.45. The number of para-hydroxylation sites is 1. The zero-order valence-corrected chi connectivity index (χ0v) is 11.6. The van der Waals surface area contributed by atoms with Crippen molar-refractivity contribution in [2.24, 2.45) is 0 Å². The molecule has 2 aromatic rings. The van der Waals surface area contributed by atoms with Crippen LogP contribution in [0.25, 0.3) is 10.9 Å². The summed E-state index contributed by atoms with van der Waals surface area (Å²) >= 11 is 0. The molecular formula is C14H15F3N4. The molecule has 0 bridgehead atoms. The van der Waals surface area contributed by atoms with Gasteiger partial charge >= 0.3 is 6.18 Å². The van der Waals surface area contributed by atoms with Gasteiger partial charge in [-0.25, -0.2) is 9.97 Å². The molecule has 0 radical (unpaired) electrons. The second-order valence-electron chi connectivity index (χ2n) is 5.18. The lowest BCUT2D eigenvalue weighted by molar-refractivity contribution is -0.144. The van der Waals surface area contributed by atoms with Crippen LogP contribution < -0.4 is 4.90 Å². The van der Waals surface area contributed by atoms with Gasteiger partial charge in [0.15, 0.2) is 0 Å². The Kier molecular flexibility index (Phi) is 3.44. The van der Waals surface area contributed by atoms with Gasteiger partial charge in [-0.3, -0.25) is 0 Å². The highest BCUT2D eigenvalue weighted by atomic mass is 19.4. The molecule has 2 heterocycles. The van der Waals surface area contributed by atoms with Crippen molar-refractivity contribution in [1.82, 2.24) is 14.9 Å². The van der Waals surface area contributed by atoms with E-state index in [0.717, 1.165) is 13.1 Å². The van der Waals surface area contributed by atoms with Crippen LogP contribution in [0, 0.1) is 0 Å². The quantitative estimate of drug-likeness (QED) is 0.809. The van der Waals surface area contributed by atoms with Gasteiger partial charge in [0.1, 0.15) is 5.82 Å². The number of hydrogen-bond donors (Lipinski definition) is 0. The van der Waals surface area contributed by atoms with Crippen molar-refractivity contribution in [2.75, 3.05) is 38.1 Å². The van der Waals surface area contributed by atoms with Crippen molar-refractivity contribution in [3.63, 3.8) is 0 Å². The number of rotatable bonds is 1. The summed E-state index contributed by atoms with van der Waals surface area (Å²) in [6, 6.07) is 6.83. The third-order valence-electron chi connectivity index (χ3n) is 3.64. The maximum Gasteiger partial charge on any atom is 0.451 e. The first-order valence-electron chi connectivity index (χ1n) is 6.72. The van der Waals surface area contributed by atoms with E-state index < -0.39 is 12.0 Å². The summed E-state index contributed by atoms with van der Waals surface area (Å²) in [6.07, 6.45) is -4.54. The summed E-state index contributed by atoms with van der Waals surface area (Å²) in [4.78, 5) is 11.5. The maximum atomic E-state index is 13.0. The number of benzene rings is 1. The van der Waals surface area contributed by atoms with Crippen LogP contribution in [-0.2, 0) is 6.18 Å². The molecule has 1 aromatic carbocycles. The largest absolute Gasteiger partial charge is 0.451 e. The van der Waals surface area contributed by atoms with Crippen molar-refractivity contribution in [3.8, 4) is 0 Å². The molecule has 0 spiro atoms. The van der Waals surface area contributed by atoms with Gasteiger partial charge in [0.25, 0.3) is 0 Å². The molecule has 112 valence electrons. The average molecular weight is 296 g/mol. The fraction of sp³-hybridized carbons (Fsp3) is 0.429. The highest BCUT2D eigenvalue weighted by Gasteiger charge is 2.36. The summed E-state index contributed by atoms with van der Waals surface area (Å²) in [5.41, 5.74) is 0.328. The van der Waals surface area contributed by atoms with E-state index in [1.165, 1.54) is 0 Å². The molecule has 0 amide bonds. The standard InChI is InChI=1S/C14H15F3N4/c1-20-6-8-21(9-7-20)12-10-4-2-3-5-11(10)18-13(19-12)14(15,16)17/h2-5H,6-9H2,1H3. The molecule has 0 aliphatic carbocycles. The minimum Gasteiger partial charge on any atom is -0.353 e. The predicted molar refractivity (Wildman–Crippen MR) is 74.3 cm³/mol. The topological polar surface area (TPSA) is 32.3 Å². The Balaban J connectivity index is 2.11. The zero-order chi connectivity index (χ0) is 15.0. The number of alkyl halides is 3. The molecule has 0 N–H and O–H groups in total. The normalized spacial score (nSPS) is 17.4. The average Bonchev–Trinajstić information content (AvgIpc) is 2.46. The van der Waals surface area contributed by atoms with E-state index in [4.69, 9.17) is 0 Å². The van der Waals surface area contributed by atoms with Gasteiger partial charge in [-0.2, -0.15) is 13.2 Å². The Morgan fingerprint density at radius 2 is 1.67 bits per heavy atom. The molecule has 1 saturated heterocycles. The number of anilines is 1. The van der Waals surface area contributed by atoms with Crippen molar-refractivity contribution in [2.45, 2.75) is 6.18 Å². The summed E-state index contributed by atoms with van der Waals surface area (Å²) in [7, 11) is 2.00. The molecule has 4 nitrogen and oxygen atoms in total. The van der Waals surface area contributed by atoms with Gasteiger partial charge in [-0.15, -0.1) is 0 Å².